The van der Waals surface area contributed by atoms with E-state index in [1.165, 1.54) is 22.5 Å². The lowest BCUT2D eigenvalue weighted by Crippen LogP contribution is -2.49. The third-order valence-electron chi connectivity index (χ3n) is 5.21. The predicted molar refractivity (Wildman–Crippen MR) is 93.9 cm³/mol. The molecule has 24 heavy (non-hydrogen) atoms. The molecule has 1 aromatic heterocycles. The van der Waals surface area contributed by atoms with Crippen molar-refractivity contribution in [3.05, 3.63) is 47.0 Å². The molecule has 2 aromatic rings. The lowest BCUT2D eigenvalue weighted by atomic mass is 9.83. The minimum absolute atomic E-state index is 0.00800. The summed E-state index contributed by atoms with van der Waals surface area (Å²) in [5.41, 5.74) is 2.49. The van der Waals surface area contributed by atoms with Gasteiger partial charge in [-0.3, -0.25) is 9.69 Å². The molecule has 1 unspecified atom stereocenters. The maximum atomic E-state index is 12.4. The summed E-state index contributed by atoms with van der Waals surface area (Å²) in [5, 5.41) is 5.41. The molecular formula is C18H21N3O2S. The van der Waals surface area contributed by atoms with Gasteiger partial charge in [0.15, 0.2) is 5.13 Å². The van der Waals surface area contributed by atoms with Crippen molar-refractivity contribution < 1.29 is 9.53 Å². The summed E-state index contributed by atoms with van der Waals surface area (Å²) >= 11 is 1.44. The largest absolute Gasteiger partial charge is 0.365 e. The molecule has 2 aliphatic rings. The zero-order chi connectivity index (χ0) is 16.6. The van der Waals surface area contributed by atoms with Crippen LogP contribution in [0.25, 0.3) is 0 Å². The van der Waals surface area contributed by atoms with Crippen LogP contribution in [0.15, 0.2) is 35.8 Å². The fraction of sp³-hybridized carbons (Fsp3) is 0.444. The summed E-state index contributed by atoms with van der Waals surface area (Å²) < 4.78 is 6.19. The molecule has 0 saturated carbocycles. The molecule has 4 rings (SSSR count). The van der Waals surface area contributed by atoms with E-state index < -0.39 is 0 Å². The number of ether oxygens (including phenoxy) is 1. The first-order chi connectivity index (χ1) is 11.7. The Bertz CT molecular complexity index is 724. The highest BCUT2D eigenvalue weighted by Crippen LogP contribution is 2.44. The Morgan fingerprint density at radius 3 is 2.92 bits per heavy atom. The number of carbonyl (C=O) groups is 1. The fourth-order valence-corrected chi connectivity index (χ4v) is 4.26. The van der Waals surface area contributed by atoms with Crippen LogP contribution in [-0.2, 0) is 21.7 Å². The van der Waals surface area contributed by atoms with Crippen LogP contribution in [0.2, 0.25) is 0 Å². The number of rotatable bonds is 3. The van der Waals surface area contributed by atoms with Crippen molar-refractivity contribution in [2.24, 2.45) is 0 Å². The molecule has 5 nitrogen and oxygen atoms in total. The Labute approximate surface area is 145 Å². The minimum atomic E-state index is -0.164. The van der Waals surface area contributed by atoms with E-state index in [0.717, 1.165) is 25.9 Å². The number of hydrogen-bond donors (Lipinski definition) is 1. The second-order valence-electron chi connectivity index (χ2n) is 6.48. The molecule has 1 amide bonds. The van der Waals surface area contributed by atoms with Gasteiger partial charge < -0.3 is 10.1 Å². The summed E-state index contributed by atoms with van der Waals surface area (Å²) in [6.45, 7) is 4.39. The number of nitrogens with one attached hydrogen (secondary N) is 1. The number of hydrogen-bond acceptors (Lipinski definition) is 5. The first-order valence-electron chi connectivity index (χ1n) is 8.35. The number of nitrogens with zero attached hydrogens (tertiary/aromatic N) is 2. The van der Waals surface area contributed by atoms with Crippen LogP contribution >= 0.6 is 11.3 Å². The van der Waals surface area contributed by atoms with Crippen LogP contribution in [0.5, 0.6) is 0 Å². The number of amides is 1. The van der Waals surface area contributed by atoms with Crippen LogP contribution in [0.1, 0.15) is 30.9 Å². The first kappa shape index (κ1) is 15.7. The molecule has 0 radical (unpaired) electrons. The van der Waals surface area contributed by atoms with Gasteiger partial charge in [-0.2, -0.15) is 0 Å². The highest BCUT2D eigenvalue weighted by atomic mass is 32.1. The standard InChI is InChI=1S/C18H21N3O2S/c1-13(16(22)20-17-19-8-11-24-17)21-9-6-18(7-10-21)15-5-3-2-4-14(15)12-23-18/h2-5,8,11,13H,6-7,9-10,12H2,1H3,(H,19,20,22). The molecule has 1 spiro atoms. The smallest absolute Gasteiger partial charge is 0.243 e. The summed E-state index contributed by atoms with van der Waals surface area (Å²) in [6, 6.07) is 8.34. The van der Waals surface area contributed by atoms with Crippen LogP contribution < -0.4 is 5.32 Å². The number of fused-ring (bicyclic) bond motifs is 2. The first-order valence-corrected chi connectivity index (χ1v) is 9.23. The van der Waals surface area contributed by atoms with Gasteiger partial charge in [0, 0.05) is 24.7 Å². The molecule has 1 aromatic carbocycles. The van der Waals surface area contributed by atoms with Gasteiger partial charge in [-0.05, 0) is 30.9 Å². The quantitative estimate of drug-likeness (QED) is 0.931. The van der Waals surface area contributed by atoms with E-state index in [1.54, 1.807) is 6.20 Å². The van der Waals surface area contributed by atoms with E-state index in [1.807, 2.05) is 12.3 Å². The maximum Gasteiger partial charge on any atom is 0.243 e. The van der Waals surface area contributed by atoms with E-state index in [2.05, 4.69) is 39.5 Å². The van der Waals surface area contributed by atoms with Gasteiger partial charge in [0.25, 0.3) is 0 Å². The van der Waals surface area contributed by atoms with E-state index in [0.29, 0.717) is 11.7 Å². The lowest BCUT2D eigenvalue weighted by Gasteiger charge is -2.41. The summed E-state index contributed by atoms with van der Waals surface area (Å²) in [4.78, 5) is 18.8. The Morgan fingerprint density at radius 1 is 1.38 bits per heavy atom. The predicted octanol–water partition coefficient (Wildman–Crippen LogP) is 2.99. The lowest BCUT2D eigenvalue weighted by molar-refractivity contribution is -0.124. The molecule has 0 bridgehead atoms. The molecular weight excluding hydrogens is 322 g/mol. The molecule has 1 saturated heterocycles. The third-order valence-corrected chi connectivity index (χ3v) is 5.90. The van der Waals surface area contributed by atoms with Gasteiger partial charge >= 0.3 is 0 Å². The van der Waals surface area contributed by atoms with Crippen molar-refractivity contribution in [3.8, 4) is 0 Å². The molecule has 1 N–H and O–H groups in total. The van der Waals surface area contributed by atoms with Gasteiger partial charge in [-0.25, -0.2) is 4.98 Å². The number of benzene rings is 1. The number of anilines is 1. The van der Waals surface area contributed by atoms with Crippen LogP contribution in [0, 0.1) is 0 Å². The summed E-state index contributed by atoms with van der Waals surface area (Å²) in [5.74, 6) is 0.00800. The van der Waals surface area contributed by atoms with Gasteiger partial charge in [-0.1, -0.05) is 24.3 Å². The average Bonchev–Trinajstić information content (AvgIpc) is 3.24. The molecule has 2 aliphatic heterocycles. The summed E-state index contributed by atoms with van der Waals surface area (Å²) in [7, 11) is 0. The normalized spacial score (nSPS) is 20.7. The highest BCUT2D eigenvalue weighted by molar-refractivity contribution is 7.13. The van der Waals surface area contributed by atoms with E-state index in [-0.39, 0.29) is 17.6 Å². The van der Waals surface area contributed by atoms with Crippen LogP contribution in [0.3, 0.4) is 0 Å². The van der Waals surface area contributed by atoms with Gasteiger partial charge in [0.1, 0.15) is 0 Å². The van der Waals surface area contributed by atoms with Crippen LogP contribution in [0.4, 0.5) is 5.13 Å². The van der Waals surface area contributed by atoms with Crippen molar-refractivity contribution in [1.29, 1.82) is 0 Å². The maximum absolute atomic E-state index is 12.4. The van der Waals surface area contributed by atoms with Crippen molar-refractivity contribution >= 4 is 22.4 Å². The van der Waals surface area contributed by atoms with Crippen LogP contribution in [-0.4, -0.2) is 34.9 Å². The average molecular weight is 343 g/mol. The molecule has 0 aliphatic carbocycles. The zero-order valence-corrected chi connectivity index (χ0v) is 14.5. The second-order valence-corrected chi connectivity index (χ2v) is 7.37. The van der Waals surface area contributed by atoms with Gasteiger partial charge in [-0.15, -0.1) is 11.3 Å². The number of likely N-dealkylation sites (tertiary alicyclic amines) is 1. The van der Waals surface area contributed by atoms with E-state index in [9.17, 15) is 4.79 Å². The van der Waals surface area contributed by atoms with E-state index >= 15 is 0 Å². The molecule has 6 heteroatoms. The van der Waals surface area contributed by atoms with Crippen molar-refractivity contribution in [1.82, 2.24) is 9.88 Å². The number of carbonyl (C=O) groups excluding carboxylic acids is 1. The zero-order valence-electron chi connectivity index (χ0n) is 13.7. The molecule has 1 fully saturated rings. The SMILES string of the molecule is CC(C(=O)Nc1nccs1)N1CCC2(CC1)OCc1ccccc12. The Balaban J connectivity index is 1.40. The number of aromatic nitrogens is 1. The monoisotopic (exact) mass is 343 g/mol. The van der Waals surface area contributed by atoms with E-state index in [4.69, 9.17) is 4.74 Å². The topological polar surface area (TPSA) is 54.5 Å². The molecule has 126 valence electrons. The minimum Gasteiger partial charge on any atom is -0.365 e. The third kappa shape index (κ3) is 2.75. The molecule has 3 heterocycles. The Hall–Kier alpha value is -1.76. The number of piperidine rings is 1. The van der Waals surface area contributed by atoms with Gasteiger partial charge in [0.2, 0.25) is 5.91 Å². The highest BCUT2D eigenvalue weighted by Gasteiger charge is 2.43. The Morgan fingerprint density at radius 2 is 2.17 bits per heavy atom. The van der Waals surface area contributed by atoms with Crippen molar-refractivity contribution in [3.63, 3.8) is 0 Å². The second kappa shape index (κ2) is 6.27. The van der Waals surface area contributed by atoms with Crippen molar-refractivity contribution in [2.45, 2.75) is 38.0 Å². The van der Waals surface area contributed by atoms with Gasteiger partial charge in [0.05, 0.1) is 18.2 Å². The molecule has 1 atom stereocenters. The summed E-state index contributed by atoms with van der Waals surface area (Å²) in [6.07, 6.45) is 3.56. The van der Waals surface area contributed by atoms with Crippen molar-refractivity contribution in [2.75, 3.05) is 18.4 Å². The number of thiazole rings is 1. The Kier molecular flexibility index (Phi) is 4.12. The fourth-order valence-electron chi connectivity index (χ4n) is 3.73.